The monoisotopic (exact) mass is 269 g/mol. The van der Waals surface area contributed by atoms with Gasteiger partial charge in [0.1, 0.15) is 0 Å². The Labute approximate surface area is 108 Å². The van der Waals surface area contributed by atoms with Crippen molar-refractivity contribution in [2.45, 2.75) is 31.8 Å². The molecule has 0 aromatic carbocycles. The van der Waals surface area contributed by atoms with Crippen molar-refractivity contribution in [2.75, 3.05) is 12.3 Å². The van der Waals surface area contributed by atoms with Crippen molar-refractivity contribution in [1.82, 2.24) is 15.0 Å². The van der Waals surface area contributed by atoms with Gasteiger partial charge in [-0.05, 0) is 37.9 Å². The number of nitrogens with zero attached hydrogens (tertiary/aromatic N) is 1. The molecule has 1 fully saturated rings. The van der Waals surface area contributed by atoms with E-state index < -0.39 is 10.0 Å². The Kier molecular flexibility index (Phi) is 4.68. The maximum absolute atomic E-state index is 11.7. The van der Waals surface area contributed by atoms with Crippen molar-refractivity contribution in [2.24, 2.45) is 0 Å². The predicted molar refractivity (Wildman–Crippen MR) is 70.5 cm³/mol. The van der Waals surface area contributed by atoms with Crippen LogP contribution in [0.5, 0.6) is 0 Å². The summed E-state index contributed by atoms with van der Waals surface area (Å²) in [4.78, 5) is 4.07. The summed E-state index contributed by atoms with van der Waals surface area (Å²) in [5.41, 5.74) is 0.734. The number of hydrogen-bond acceptors (Lipinski definition) is 4. The maximum Gasteiger partial charge on any atom is 0.211 e. The SMILES string of the molecule is O=S(=O)(CCCNC1CC1)NCc1ccccn1. The number of pyridine rings is 1. The Morgan fingerprint density at radius 1 is 1.33 bits per heavy atom. The van der Waals surface area contributed by atoms with Crippen LogP contribution in [0.2, 0.25) is 0 Å². The normalized spacial score (nSPS) is 15.8. The van der Waals surface area contributed by atoms with Crippen LogP contribution in [-0.2, 0) is 16.6 Å². The van der Waals surface area contributed by atoms with E-state index in [0.29, 0.717) is 12.5 Å². The van der Waals surface area contributed by atoms with Gasteiger partial charge in [0, 0.05) is 12.2 Å². The molecule has 1 saturated carbocycles. The summed E-state index contributed by atoms with van der Waals surface area (Å²) in [5, 5.41) is 3.30. The van der Waals surface area contributed by atoms with Gasteiger partial charge in [-0.1, -0.05) is 6.07 Å². The van der Waals surface area contributed by atoms with Gasteiger partial charge in [-0.25, -0.2) is 13.1 Å². The molecular weight excluding hydrogens is 250 g/mol. The highest BCUT2D eigenvalue weighted by Crippen LogP contribution is 2.18. The number of nitrogens with one attached hydrogen (secondary N) is 2. The summed E-state index contributed by atoms with van der Waals surface area (Å²) in [5.74, 6) is 0.166. The second-order valence-corrected chi connectivity index (χ2v) is 6.47. The number of rotatable bonds is 8. The fourth-order valence-corrected chi connectivity index (χ4v) is 2.65. The number of hydrogen-bond donors (Lipinski definition) is 2. The van der Waals surface area contributed by atoms with E-state index in [1.807, 2.05) is 12.1 Å². The van der Waals surface area contributed by atoms with E-state index in [9.17, 15) is 8.42 Å². The van der Waals surface area contributed by atoms with Crippen LogP contribution in [-0.4, -0.2) is 31.7 Å². The molecule has 1 aromatic heterocycles. The van der Waals surface area contributed by atoms with Gasteiger partial charge in [-0.3, -0.25) is 4.98 Å². The molecule has 18 heavy (non-hydrogen) atoms. The Morgan fingerprint density at radius 3 is 2.83 bits per heavy atom. The largest absolute Gasteiger partial charge is 0.314 e. The van der Waals surface area contributed by atoms with Crippen LogP contribution in [0.1, 0.15) is 25.0 Å². The molecule has 6 heteroatoms. The van der Waals surface area contributed by atoms with Gasteiger partial charge in [-0.15, -0.1) is 0 Å². The first-order valence-electron chi connectivity index (χ1n) is 6.26. The van der Waals surface area contributed by atoms with E-state index in [1.54, 1.807) is 12.3 Å². The molecule has 0 spiro atoms. The Balaban J connectivity index is 1.66. The van der Waals surface area contributed by atoms with Crippen LogP contribution >= 0.6 is 0 Å². The fraction of sp³-hybridized carbons (Fsp3) is 0.583. The zero-order valence-corrected chi connectivity index (χ0v) is 11.1. The van der Waals surface area contributed by atoms with Crippen molar-refractivity contribution >= 4 is 10.0 Å². The van der Waals surface area contributed by atoms with Gasteiger partial charge in [0.05, 0.1) is 18.0 Å². The first kappa shape index (κ1) is 13.5. The van der Waals surface area contributed by atoms with Gasteiger partial charge in [0.2, 0.25) is 10.0 Å². The van der Waals surface area contributed by atoms with Crippen LogP contribution in [0.25, 0.3) is 0 Å². The van der Waals surface area contributed by atoms with Crippen molar-refractivity contribution in [3.05, 3.63) is 30.1 Å². The second-order valence-electron chi connectivity index (χ2n) is 4.54. The Hall–Kier alpha value is -0.980. The van der Waals surface area contributed by atoms with Gasteiger partial charge >= 0.3 is 0 Å². The summed E-state index contributed by atoms with van der Waals surface area (Å²) < 4.78 is 26.0. The third-order valence-corrected chi connectivity index (χ3v) is 4.21. The minimum atomic E-state index is -3.19. The molecule has 1 aliphatic rings. The van der Waals surface area contributed by atoms with E-state index in [0.717, 1.165) is 12.2 Å². The molecule has 1 heterocycles. The van der Waals surface area contributed by atoms with E-state index in [1.165, 1.54) is 12.8 Å². The van der Waals surface area contributed by atoms with Gasteiger partial charge in [0.15, 0.2) is 0 Å². The van der Waals surface area contributed by atoms with Crippen LogP contribution in [0.3, 0.4) is 0 Å². The molecular formula is C12H19N3O2S. The molecule has 1 aliphatic carbocycles. The van der Waals surface area contributed by atoms with E-state index in [4.69, 9.17) is 0 Å². The standard InChI is InChI=1S/C12H19N3O2S/c16-18(17,9-3-8-13-11-5-6-11)15-10-12-4-1-2-7-14-12/h1-2,4,7,11,13,15H,3,5-6,8-10H2. The minimum absolute atomic E-state index is 0.166. The lowest BCUT2D eigenvalue weighted by Gasteiger charge is -2.06. The zero-order valence-electron chi connectivity index (χ0n) is 10.3. The van der Waals surface area contributed by atoms with Gasteiger partial charge in [0.25, 0.3) is 0 Å². The molecule has 2 rings (SSSR count). The second kappa shape index (κ2) is 6.26. The third kappa shape index (κ3) is 5.12. The number of sulfonamides is 1. The highest BCUT2D eigenvalue weighted by Gasteiger charge is 2.20. The van der Waals surface area contributed by atoms with E-state index in [-0.39, 0.29) is 12.3 Å². The molecule has 0 radical (unpaired) electrons. The van der Waals surface area contributed by atoms with E-state index in [2.05, 4.69) is 15.0 Å². The van der Waals surface area contributed by atoms with Crippen molar-refractivity contribution in [3.8, 4) is 0 Å². The van der Waals surface area contributed by atoms with E-state index >= 15 is 0 Å². The first-order chi connectivity index (χ1) is 8.66. The smallest absolute Gasteiger partial charge is 0.211 e. The molecule has 0 bridgehead atoms. The predicted octanol–water partition coefficient (Wildman–Crippen LogP) is 0.643. The molecule has 100 valence electrons. The molecule has 0 unspecified atom stereocenters. The lowest BCUT2D eigenvalue weighted by Crippen LogP contribution is -2.28. The van der Waals surface area contributed by atoms with Crippen LogP contribution < -0.4 is 10.0 Å². The molecule has 1 aromatic rings. The summed E-state index contributed by atoms with van der Waals surface area (Å²) in [6.45, 7) is 1.04. The Bertz CT molecular complexity index is 457. The number of aromatic nitrogens is 1. The van der Waals surface area contributed by atoms with Gasteiger partial charge < -0.3 is 5.32 Å². The summed E-state index contributed by atoms with van der Waals surface area (Å²) in [6, 6.07) is 6.09. The minimum Gasteiger partial charge on any atom is -0.314 e. The summed E-state index contributed by atoms with van der Waals surface area (Å²) in [6.07, 6.45) is 4.76. The summed E-state index contributed by atoms with van der Waals surface area (Å²) in [7, 11) is -3.19. The van der Waals surface area contributed by atoms with Crippen molar-refractivity contribution in [1.29, 1.82) is 0 Å². The van der Waals surface area contributed by atoms with Crippen LogP contribution in [0.4, 0.5) is 0 Å². The average molecular weight is 269 g/mol. The Morgan fingerprint density at radius 2 is 2.17 bits per heavy atom. The first-order valence-corrected chi connectivity index (χ1v) is 7.91. The molecule has 0 saturated heterocycles. The highest BCUT2D eigenvalue weighted by atomic mass is 32.2. The average Bonchev–Trinajstić information content (AvgIpc) is 3.18. The third-order valence-electron chi connectivity index (χ3n) is 2.80. The van der Waals surface area contributed by atoms with Crippen molar-refractivity contribution in [3.63, 3.8) is 0 Å². The zero-order chi connectivity index (χ0) is 12.8. The lowest BCUT2D eigenvalue weighted by molar-refractivity contribution is 0.573. The molecule has 5 nitrogen and oxygen atoms in total. The fourth-order valence-electron chi connectivity index (χ4n) is 1.61. The molecule has 0 atom stereocenters. The molecule has 0 amide bonds. The summed E-state index contributed by atoms with van der Waals surface area (Å²) >= 11 is 0. The topological polar surface area (TPSA) is 71.1 Å². The maximum atomic E-state index is 11.7. The lowest BCUT2D eigenvalue weighted by atomic mass is 10.4. The van der Waals surface area contributed by atoms with Crippen molar-refractivity contribution < 1.29 is 8.42 Å². The van der Waals surface area contributed by atoms with Crippen LogP contribution in [0, 0.1) is 0 Å². The molecule has 0 aliphatic heterocycles. The van der Waals surface area contributed by atoms with Gasteiger partial charge in [-0.2, -0.15) is 0 Å². The quantitative estimate of drug-likeness (QED) is 0.680. The van der Waals surface area contributed by atoms with Crippen LogP contribution in [0.15, 0.2) is 24.4 Å². The molecule has 2 N–H and O–H groups in total. The highest BCUT2D eigenvalue weighted by molar-refractivity contribution is 7.89.